The van der Waals surface area contributed by atoms with Crippen LogP contribution in [0.2, 0.25) is 0 Å². The fraction of sp³-hybridized carbons (Fsp3) is 0.286. The Morgan fingerprint density at radius 2 is 2.22 bits per heavy atom. The number of rotatable bonds is 2. The van der Waals surface area contributed by atoms with Crippen molar-refractivity contribution in [2.24, 2.45) is 0 Å². The maximum absolute atomic E-state index is 5.12. The summed E-state index contributed by atoms with van der Waals surface area (Å²) in [6.07, 6.45) is 7.67. The highest BCUT2D eigenvalue weighted by Gasteiger charge is 1.96. The molecule has 0 aliphatic carbocycles. The smallest absolute Gasteiger partial charge is 0.101 e. The predicted molar refractivity (Wildman–Crippen MR) is 36.0 cm³/mol. The van der Waals surface area contributed by atoms with Gasteiger partial charge in [-0.05, 0) is 13.0 Å². The van der Waals surface area contributed by atoms with E-state index >= 15 is 0 Å². The molecule has 49 valence electrons. The summed E-state index contributed by atoms with van der Waals surface area (Å²) in [7, 11) is 0. The lowest BCUT2D eigenvalue weighted by Crippen LogP contribution is -2.14. The molecule has 1 aliphatic heterocycles. The second-order valence-electron chi connectivity index (χ2n) is 1.65. The number of hydroxylamine groups is 2. The normalized spacial score (nSPS) is 16.8. The molecule has 0 saturated heterocycles. The SMILES string of the molecule is CCON1[CH]C=CC=C1. The van der Waals surface area contributed by atoms with Crippen LogP contribution in [0.25, 0.3) is 0 Å². The van der Waals surface area contributed by atoms with Gasteiger partial charge in [0.25, 0.3) is 0 Å². The lowest BCUT2D eigenvalue weighted by molar-refractivity contribution is -0.0872. The first-order valence-corrected chi connectivity index (χ1v) is 3.03. The highest BCUT2D eigenvalue weighted by Crippen LogP contribution is 2.02. The van der Waals surface area contributed by atoms with Crippen molar-refractivity contribution in [3.05, 3.63) is 31.0 Å². The van der Waals surface area contributed by atoms with E-state index < -0.39 is 0 Å². The van der Waals surface area contributed by atoms with Gasteiger partial charge in [-0.2, -0.15) is 0 Å². The van der Waals surface area contributed by atoms with Crippen molar-refractivity contribution in [2.75, 3.05) is 6.61 Å². The van der Waals surface area contributed by atoms with E-state index in [9.17, 15) is 0 Å². The van der Waals surface area contributed by atoms with Crippen LogP contribution in [-0.4, -0.2) is 11.7 Å². The van der Waals surface area contributed by atoms with Gasteiger partial charge in [-0.15, -0.1) is 0 Å². The van der Waals surface area contributed by atoms with Crippen LogP contribution in [0.4, 0.5) is 0 Å². The Bertz CT molecular complexity index is 129. The van der Waals surface area contributed by atoms with E-state index in [-0.39, 0.29) is 0 Å². The van der Waals surface area contributed by atoms with Gasteiger partial charge in [-0.1, -0.05) is 12.2 Å². The average Bonchev–Trinajstić information content (AvgIpc) is 1.91. The second-order valence-corrected chi connectivity index (χ2v) is 1.65. The van der Waals surface area contributed by atoms with Crippen molar-refractivity contribution in [1.82, 2.24) is 5.06 Å². The van der Waals surface area contributed by atoms with Gasteiger partial charge in [-0.25, -0.2) is 0 Å². The maximum Gasteiger partial charge on any atom is 0.101 e. The van der Waals surface area contributed by atoms with Crippen LogP contribution in [0.15, 0.2) is 24.4 Å². The van der Waals surface area contributed by atoms with Crippen LogP contribution in [0.1, 0.15) is 6.92 Å². The van der Waals surface area contributed by atoms with Crippen molar-refractivity contribution in [3.63, 3.8) is 0 Å². The van der Waals surface area contributed by atoms with Gasteiger partial charge in [-0.3, -0.25) is 9.90 Å². The molecule has 1 heterocycles. The summed E-state index contributed by atoms with van der Waals surface area (Å²) in [6, 6.07) is 0. The number of hydrogen-bond donors (Lipinski definition) is 0. The molecular formula is C7H10NO. The molecule has 2 heteroatoms. The molecule has 0 fully saturated rings. The minimum Gasteiger partial charge on any atom is -0.274 e. The monoisotopic (exact) mass is 124 g/mol. The van der Waals surface area contributed by atoms with Crippen LogP contribution in [0.5, 0.6) is 0 Å². The molecule has 1 radical (unpaired) electrons. The zero-order valence-electron chi connectivity index (χ0n) is 5.45. The molecule has 0 aromatic heterocycles. The lowest BCUT2D eigenvalue weighted by atomic mass is 10.4. The summed E-state index contributed by atoms with van der Waals surface area (Å²) < 4.78 is 0. The summed E-state index contributed by atoms with van der Waals surface area (Å²) in [5.74, 6) is 0. The van der Waals surface area contributed by atoms with Gasteiger partial charge in [0, 0.05) is 6.20 Å². The molecule has 0 amide bonds. The van der Waals surface area contributed by atoms with Crippen molar-refractivity contribution in [3.8, 4) is 0 Å². The van der Waals surface area contributed by atoms with E-state index in [1.807, 2.05) is 37.9 Å². The lowest BCUT2D eigenvalue weighted by Gasteiger charge is -2.17. The first-order chi connectivity index (χ1) is 4.43. The van der Waals surface area contributed by atoms with Crippen molar-refractivity contribution in [1.29, 1.82) is 0 Å². The molecule has 2 nitrogen and oxygen atoms in total. The molecule has 9 heavy (non-hydrogen) atoms. The van der Waals surface area contributed by atoms with Crippen molar-refractivity contribution in [2.45, 2.75) is 6.92 Å². The maximum atomic E-state index is 5.12. The number of allylic oxidation sites excluding steroid dienone is 2. The van der Waals surface area contributed by atoms with E-state index in [1.54, 1.807) is 5.06 Å². The van der Waals surface area contributed by atoms with Gasteiger partial charge in [0.2, 0.25) is 0 Å². The standard InChI is InChI=1S/C7H10NO/c1-2-9-8-6-4-3-5-7-8/h3-7H,2H2,1H3. The molecule has 0 saturated carbocycles. The van der Waals surface area contributed by atoms with Crippen molar-refractivity contribution < 1.29 is 4.84 Å². The quantitative estimate of drug-likeness (QED) is 0.553. The molecule has 0 spiro atoms. The van der Waals surface area contributed by atoms with E-state index in [4.69, 9.17) is 4.84 Å². The summed E-state index contributed by atoms with van der Waals surface area (Å²) in [5, 5.41) is 1.68. The Morgan fingerprint density at radius 1 is 1.33 bits per heavy atom. The molecule has 0 bridgehead atoms. The topological polar surface area (TPSA) is 12.5 Å². The third-order valence-corrected chi connectivity index (χ3v) is 0.966. The van der Waals surface area contributed by atoms with Gasteiger partial charge >= 0.3 is 0 Å². The highest BCUT2D eigenvalue weighted by atomic mass is 16.7. The summed E-state index contributed by atoms with van der Waals surface area (Å²) in [4.78, 5) is 5.12. The number of hydrogen-bond acceptors (Lipinski definition) is 2. The van der Waals surface area contributed by atoms with E-state index in [1.165, 1.54) is 0 Å². The minimum atomic E-state index is 0.703. The van der Waals surface area contributed by atoms with Gasteiger partial charge in [0.05, 0.1) is 6.61 Å². The first kappa shape index (κ1) is 6.36. The molecule has 1 aliphatic rings. The fourth-order valence-electron chi connectivity index (χ4n) is 0.618. The second kappa shape index (κ2) is 3.30. The Labute approximate surface area is 55.4 Å². The third-order valence-electron chi connectivity index (χ3n) is 0.966. The molecule has 0 aromatic rings. The van der Waals surface area contributed by atoms with Crippen LogP contribution in [0, 0.1) is 6.54 Å². The van der Waals surface area contributed by atoms with Gasteiger partial charge in [0.1, 0.15) is 6.54 Å². The van der Waals surface area contributed by atoms with Gasteiger partial charge in [0.15, 0.2) is 0 Å². The Balaban J connectivity index is 2.28. The Kier molecular flexibility index (Phi) is 2.33. The average molecular weight is 124 g/mol. The number of nitrogens with zero attached hydrogens (tertiary/aromatic N) is 1. The van der Waals surface area contributed by atoms with E-state index in [2.05, 4.69) is 0 Å². The van der Waals surface area contributed by atoms with E-state index in [0.717, 1.165) is 0 Å². The fourth-order valence-corrected chi connectivity index (χ4v) is 0.618. The van der Waals surface area contributed by atoms with Crippen LogP contribution in [0.3, 0.4) is 0 Å². The minimum absolute atomic E-state index is 0.703. The molecule has 0 unspecified atom stereocenters. The van der Waals surface area contributed by atoms with Crippen LogP contribution >= 0.6 is 0 Å². The third kappa shape index (κ3) is 1.90. The summed E-state index contributed by atoms with van der Waals surface area (Å²) in [6.45, 7) is 4.53. The first-order valence-electron chi connectivity index (χ1n) is 3.03. The molecule has 1 rings (SSSR count). The Hall–Kier alpha value is -0.760. The summed E-state index contributed by atoms with van der Waals surface area (Å²) in [5.41, 5.74) is 0. The molecule has 0 N–H and O–H groups in total. The van der Waals surface area contributed by atoms with Gasteiger partial charge < -0.3 is 0 Å². The van der Waals surface area contributed by atoms with E-state index in [0.29, 0.717) is 6.61 Å². The zero-order chi connectivity index (χ0) is 6.53. The molecule has 0 atom stereocenters. The van der Waals surface area contributed by atoms with Crippen molar-refractivity contribution >= 4 is 0 Å². The zero-order valence-corrected chi connectivity index (χ0v) is 5.45. The molecule has 0 aromatic carbocycles. The molecular weight excluding hydrogens is 114 g/mol. The Morgan fingerprint density at radius 3 is 2.78 bits per heavy atom. The summed E-state index contributed by atoms with van der Waals surface area (Å²) >= 11 is 0. The largest absolute Gasteiger partial charge is 0.274 e. The predicted octanol–water partition coefficient (Wildman–Crippen LogP) is 1.49. The van der Waals surface area contributed by atoms with Crippen LogP contribution < -0.4 is 0 Å². The highest BCUT2D eigenvalue weighted by molar-refractivity contribution is 5.11. The van der Waals surface area contributed by atoms with Crippen LogP contribution in [-0.2, 0) is 4.84 Å².